The molecule has 0 saturated heterocycles. The fourth-order valence-electron chi connectivity index (χ4n) is 2.02. The van der Waals surface area contributed by atoms with Crippen molar-refractivity contribution >= 4 is 28.3 Å². The molecule has 122 valence electrons. The highest BCUT2D eigenvalue weighted by Crippen LogP contribution is 2.25. The van der Waals surface area contributed by atoms with Crippen LogP contribution in [0, 0.1) is 0 Å². The number of carbonyl (C=O) groups excluding carboxylic acids is 2. The fourth-order valence-corrected chi connectivity index (χ4v) is 2.73. The normalized spacial score (nSPS) is 10.4. The highest BCUT2D eigenvalue weighted by atomic mass is 32.1. The van der Waals surface area contributed by atoms with Crippen LogP contribution >= 0.6 is 11.3 Å². The molecule has 0 aliphatic rings. The summed E-state index contributed by atoms with van der Waals surface area (Å²) in [5.41, 5.74) is 2.35. The number of carbonyl (C=O) groups is 2. The van der Waals surface area contributed by atoms with E-state index in [1.54, 1.807) is 31.3 Å². The monoisotopic (exact) mass is 343 g/mol. The second kappa shape index (κ2) is 6.59. The topological polar surface area (TPSA) is 99.0 Å². The summed E-state index contributed by atoms with van der Waals surface area (Å²) in [5.74, 6) is -0.720. The van der Waals surface area contributed by atoms with Crippen LogP contribution in [0.3, 0.4) is 0 Å². The maximum Gasteiger partial charge on any atom is 0.337 e. The zero-order chi connectivity index (χ0) is 17.1. The van der Waals surface area contributed by atoms with E-state index in [0.29, 0.717) is 22.1 Å². The number of aromatic nitrogens is 4. The SMILES string of the molecule is COC(=O)c1ccc(-c2csc(NC(=O)c3cnnn3C)n2)cc1. The number of amides is 1. The molecule has 0 saturated carbocycles. The molecule has 2 heterocycles. The van der Waals surface area contributed by atoms with Gasteiger partial charge in [0.15, 0.2) is 5.13 Å². The molecule has 0 atom stereocenters. The van der Waals surface area contributed by atoms with Gasteiger partial charge in [0.25, 0.3) is 5.91 Å². The van der Waals surface area contributed by atoms with Gasteiger partial charge in [0.1, 0.15) is 5.69 Å². The van der Waals surface area contributed by atoms with E-state index in [9.17, 15) is 9.59 Å². The van der Waals surface area contributed by atoms with Gasteiger partial charge in [0, 0.05) is 18.0 Å². The number of aryl methyl sites for hydroxylation is 1. The van der Waals surface area contributed by atoms with Crippen molar-refractivity contribution in [3.8, 4) is 11.3 Å². The van der Waals surface area contributed by atoms with Gasteiger partial charge < -0.3 is 4.74 Å². The molecule has 0 fully saturated rings. The summed E-state index contributed by atoms with van der Waals surface area (Å²) in [6.45, 7) is 0. The van der Waals surface area contributed by atoms with Crippen LogP contribution in [0.25, 0.3) is 11.3 Å². The zero-order valence-corrected chi connectivity index (χ0v) is 13.7. The van der Waals surface area contributed by atoms with E-state index in [0.717, 1.165) is 5.56 Å². The van der Waals surface area contributed by atoms with E-state index in [1.807, 2.05) is 5.38 Å². The molecule has 2 aromatic heterocycles. The molecule has 9 heteroatoms. The third kappa shape index (κ3) is 3.15. The highest BCUT2D eigenvalue weighted by Gasteiger charge is 2.14. The van der Waals surface area contributed by atoms with Crippen molar-refractivity contribution in [3.05, 3.63) is 47.1 Å². The Balaban J connectivity index is 1.75. The van der Waals surface area contributed by atoms with E-state index >= 15 is 0 Å². The van der Waals surface area contributed by atoms with Crippen LogP contribution in [0.1, 0.15) is 20.8 Å². The molecule has 1 aromatic carbocycles. The van der Waals surface area contributed by atoms with Crippen molar-refractivity contribution in [1.29, 1.82) is 0 Å². The lowest BCUT2D eigenvalue weighted by atomic mass is 10.1. The molecule has 1 N–H and O–H groups in total. The molecule has 1 amide bonds. The van der Waals surface area contributed by atoms with Gasteiger partial charge >= 0.3 is 5.97 Å². The number of hydrogen-bond acceptors (Lipinski definition) is 7. The van der Waals surface area contributed by atoms with Crippen LogP contribution in [0.5, 0.6) is 0 Å². The number of methoxy groups -OCH3 is 1. The summed E-state index contributed by atoms with van der Waals surface area (Å²) in [6, 6.07) is 6.88. The first-order chi connectivity index (χ1) is 11.6. The number of benzene rings is 1. The van der Waals surface area contributed by atoms with E-state index in [-0.39, 0.29) is 5.91 Å². The summed E-state index contributed by atoms with van der Waals surface area (Å²) in [6.07, 6.45) is 1.38. The van der Waals surface area contributed by atoms with Gasteiger partial charge in [-0.25, -0.2) is 14.5 Å². The summed E-state index contributed by atoms with van der Waals surface area (Å²) in [5, 5.41) is 12.4. The Bertz CT molecular complexity index is 885. The lowest BCUT2D eigenvalue weighted by molar-refractivity contribution is 0.0600. The van der Waals surface area contributed by atoms with E-state index in [1.165, 1.54) is 29.3 Å². The number of hydrogen-bond donors (Lipinski definition) is 1. The molecule has 0 bridgehead atoms. The van der Waals surface area contributed by atoms with Crippen LogP contribution in [0.15, 0.2) is 35.8 Å². The fraction of sp³-hybridized carbons (Fsp3) is 0.133. The number of nitrogens with zero attached hydrogens (tertiary/aromatic N) is 4. The van der Waals surface area contributed by atoms with Crippen molar-refractivity contribution in [1.82, 2.24) is 20.0 Å². The predicted octanol–water partition coefficient (Wildman–Crippen LogP) is 1.98. The van der Waals surface area contributed by atoms with Crippen molar-refractivity contribution in [3.63, 3.8) is 0 Å². The lowest BCUT2D eigenvalue weighted by Crippen LogP contribution is -2.15. The number of rotatable bonds is 4. The molecule has 8 nitrogen and oxygen atoms in total. The molecule has 0 aliphatic carbocycles. The number of anilines is 1. The Morgan fingerprint density at radius 1 is 1.25 bits per heavy atom. The predicted molar refractivity (Wildman–Crippen MR) is 87.8 cm³/mol. The van der Waals surface area contributed by atoms with Crippen molar-refractivity contribution in [2.45, 2.75) is 0 Å². The second-order valence-corrected chi connectivity index (χ2v) is 5.66. The molecular weight excluding hydrogens is 330 g/mol. The molecule has 0 unspecified atom stereocenters. The standard InChI is InChI=1S/C15H13N5O3S/c1-20-12(7-16-19-20)13(21)18-15-17-11(8-24-15)9-3-5-10(6-4-9)14(22)23-2/h3-8H,1-2H3,(H,17,18,21). The van der Waals surface area contributed by atoms with Crippen LogP contribution in [-0.2, 0) is 11.8 Å². The minimum atomic E-state index is -0.391. The first-order valence-corrected chi connectivity index (χ1v) is 7.77. The van der Waals surface area contributed by atoms with Gasteiger partial charge in [0.05, 0.1) is 24.6 Å². The van der Waals surface area contributed by atoms with Crippen LogP contribution in [0.4, 0.5) is 5.13 Å². The molecule has 0 aliphatic heterocycles. The minimum absolute atomic E-state index is 0.329. The first kappa shape index (κ1) is 15.8. The maximum atomic E-state index is 12.1. The maximum absolute atomic E-state index is 12.1. The average molecular weight is 343 g/mol. The highest BCUT2D eigenvalue weighted by molar-refractivity contribution is 7.14. The van der Waals surface area contributed by atoms with Gasteiger partial charge in [-0.2, -0.15) is 0 Å². The van der Waals surface area contributed by atoms with Crippen molar-refractivity contribution < 1.29 is 14.3 Å². The molecule has 0 radical (unpaired) electrons. The Kier molecular flexibility index (Phi) is 4.34. The van der Waals surface area contributed by atoms with E-state index in [2.05, 4.69) is 25.3 Å². The van der Waals surface area contributed by atoms with Gasteiger partial charge in [-0.05, 0) is 12.1 Å². The minimum Gasteiger partial charge on any atom is -0.465 e. The smallest absolute Gasteiger partial charge is 0.337 e. The number of thiazole rings is 1. The Labute approximate surface area is 141 Å². The Morgan fingerprint density at radius 3 is 2.62 bits per heavy atom. The number of nitrogens with one attached hydrogen (secondary N) is 1. The lowest BCUT2D eigenvalue weighted by Gasteiger charge is -2.01. The molecule has 3 rings (SSSR count). The first-order valence-electron chi connectivity index (χ1n) is 6.89. The second-order valence-electron chi connectivity index (χ2n) is 4.80. The summed E-state index contributed by atoms with van der Waals surface area (Å²) in [7, 11) is 2.97. The van der Waals surface area contributed by atoms with Crippen LogP contribution in [0.2, 0.25) is 0 Å². The quantitative estimate of drug-likeness (QED) is 0.727. The average Bonchev–Trinajstić information content (AvgIpc) is 3.23. The van der Waals surface area contributed by atoms with Crippen molar-refractivity contribution in [2.75, 3.05) is 12.4 Å². The Morgan fingerprint density at radius 2 is 2.00 bits per heavy atom. The molecule has 24 heavy (non-hydrogen) atoms. The van der Waals surface area contributed by atoms with Crippen LogP contribution in [-0.4, -0.2) is 39.0 Å². The van der Waals surface area contributed by atoms with Crippen LogP contribution < -0.4 is 5.32 Å². The van der Waals surface area contributed by atoms with E-state index < -0.39 is 5.97 Å². The van der Waals surface area contributed by atoms with Crippen molar-refractivity contribution in [2.24, 2.45) is 7.05 Å². The summed E-state index contributed by atoms with van der Waals surface area (Å²) in [4.78, 5) is 27.9. The summed E-state index contributed by atoms with van der Waals surface area (Å²) < 4.78 is 6.05. The third-order valence-electron chi connectivity index (χ3n) is 3.27. The van der Waals surface area contributed by atoms with Gasteiger partial charge in [-0.3, -0.25) is 10.1 Å². The third-order valence-corrected chi connectivity index (χ3v) is 4.03. The molecule has 3 aromatic rings. The van der Waals surface area contributed by atoms with Gasteiger partial charge in [0.2, 0.25) is 0 Å². The largest absolute Gasteiger partial charge is 0.465 e. The number of ether oxygens (including phenoxy) is 1. The Hall–Kier alpha value is -3.07. The number of esters is 1. The van der Waals surface area contributed by atoms with Gasteiger partial charge in [-0.1, -0.05) is 17.3 Å². The summed E-state index contributed by atoms with van der Waals surface area (Å²) >= 11 is 1.31. The van der Waals surface area contributed by atoms with E-state index in [4.69, 9.17) is 0 Å². The molecule has 0 spiro atoms. The zero-order valence-electron chi connectivity index (χ0n) is 12.9. The molecular formula is C15H13N5O3S. The van der Waals surface area contributed by atoms with Gasteiger partial charge in [-0.15, -0.1) is 16.4 Å².